The lowest BCUT2D eigenvalue weighted by molar-refractivity contribution is -0.138. The molecular weight excluding hydrogens is 268 g/mol. The van der Waals surface area contributed by atoms with Crippen LogP contribution in [0.25, 0.3) is 0 Å². The van der Waals surface area contributed by atoms with Crippen LogP contribution in [0.1, 0.15) is 25.7 Å². The van der Waals surface area contributed by atoms with Crippen LogP contribution >= 0.6 is 15.9 Å². The SMILES string of the molecule is O=C(C1CCC1)N1CCCN(CCBr)CC1. The van der Waals surface area contributed by atoms with Crippen molar-refractivity contribution in [2.45, 2.75) is 25.7 Å². The Kier molecular flexibility index (Phi) is 4.65. The van der Waals surface area contributed by atoms with Gasteiger partial charge in [0.2, 0.25) is 5.91 Å². The summed E-state index contributed by atoms with van der Waals surface area (Å²) in [5.41, 5.74) is 0. The van der Waals surface area contributed by atoms with Crippen molar-refractivity contribution >= 4 is 21.8 Å². The van der Waals surface area contributed by atoms with Gasteiger partial charge in [0.25, 0.3) is 0 Å². The van der Waals surface area contributed by atoms with Gasteiger partial charge in [-0.2, -0.15) is 0 Å². The zero-order chi connectivity index (χ0) is 11.4. The molecule has 3 nitrogen and oxygen atoms in total. The topological polar surface area (TPSA) is 23.6 Å². The van der Waals surface area contributed by atoms with Gasteiger partial charge >= 0.3 is 0 Å². The van der Waals surface area contributed by atoms with Crippen LogP contribution < -0.4 is 0 Å². The van der Waals surface area contributed by atoms with E-state index < -0.39 is 0 Å². The van der Waals surface area contributed by atoms with Gasteiger partial charge in [-0.15, -0.1) is 0 Å². The fraction of sp³-hybridized carbons (Fsp3) is 0.917. The highest BCUT2D eigenvalue weighted by molar-refractivity contribution is 9.09. The van der Waals surface area contributed by atoms with Gasteiger partial charge in [-0.3, -0.25) is 4.79 Å². The van der Waals surface area contributed by atoms with Crippen LogP contribution in [-0.2, 0) is 4.79 Å². The second-order valence-electron chi connectivity index (χ2n) is 4.84. The Labute approximate surface area is 106 Å². The number of carbonyl (C=O) groups is 1. The summed E-state index contributed by atoms with van der Waals surface area (Å²) in [6.45, 7) is 5.19. The third-order valence-electron chi connectivity index (χ3n) is 3.76. The van der Waals surface area contributed by atoms with E-state index >= 15 is 0 Å². The summed E-state index contributed by atoms with van der Waals surface area (Å²) in [7, 11) is 0. The lowest BCUT2D eigenvalue weighted by Gasteiger charge is -2.31. The van der Waals surface area contributed by atoms with Gasteiger partial charge in [0, 0.05) is 37.4 Å². The molecule has 0 atom stereocenters. The van der Waals surface area contributed by atoms with Crippen LogP contribution in [0.15, 0.2) is 0 Å². The summed E-state index contributed by atoms with van der Waals surface area (Å²) in [4.78, 5) is 16.6. The molecule has 1 saturated heterocycles. The number of alkyl halides is 1. The highest BCUT2D eigenvalue weighted by atomic mass is 79.9. The van der Waals surface area contributed by atoms with Gasteiger partial charge in [0.15, 0.2) is 0 Å². The number of rotatable bonds is 3. The van der Waals surface area contributed by atoms with Gasteiger partial charge in [-0.05, 0) is 25.8 Å². The molecule has 0 radical (unpaired) electrons. The quantitative estimate of drug-likeness (QED) is 0.739. The molecule has 0 aromatic heterocycles. The Morgan fingerprint density at radius 2 is 1.94 bits per heavy atom. The number of halogens is 1. The molecule has 0 unspecified atom stereocenters. The minimum atomic E-state index is 0.364. The molecule has 92 valence electrons. The minimum Gasteiger partial charge on any atom is -0.341 e. The van der Waals surface area contributed by atoms with Crippen molar-refractivity contribution in [2.75, 3.05) is 38.1 Å². The Bertz CT molecular complexity index is 243. The summed E-state index contributed by atoms with van der Waals surface area (Å²) in [6.07, 6.45) is 4.63. The summed E-state index contributed by atoms with van der Waals surface area (Å²) in [5, 5.41) is 1.03. The van der Waals surface area contributed by atoms with Gasteiger partial charge < -0.3 is 9.80 Å². The molecule has 1 saturated carbocycles. The van der Waals surface area contributed by atoms with E-state index in [4.69, 9.17) is 0 Å². The van der Waals surface area contributed by atoms with Crippen molar-refractivity contribution in [1.29, 1.82) is 0 Å². The molecule has 0 aromatic carbocycles. The van der Waals surface area contributed by atoms with Crippen molar-refractivity contribution in [2.24, 2.45) is 5.92 Å². The largest absolute Gasteiger partial charge is 0.341 e. The smallest absolute Gasteiger partial charge is 0.225 e. The second-order valence-corrected chi connectivity index (χ2v) is 5.63. The van der Waals surface area contributed by atoms with E-state index in [-0.39, 0.29) is 0 Å². The van der Waals surface area contributed by atoms with Crippen LogP contribution in [0.3, 0.4) is 0 Å². The Morgan fingerprint density at radius 3 is 2.56 bits per heavy atom. The maximum atomic E-state index is 12.1. The van der Waals surface area contributed by atoms with Crippen molar-refractivity contribution in [3.8, 4) is 0 Å². The number of hydrogen-bond acceptors (Lipinski definition) is 2. The lowest BCUT2D eigenvalue weighted by atomic mass is 9.84. The Balaban J connectivity index is 1.80. The van der Waals surface area contributed by atoms with Crippen LogP contribution in [0.5, 0.6) is 0 Å². The molecule has 4 heteroatoms. The minimum absolute atomic E-state index is 0.364. The Morgan fingerprint density at radius 1 is 1.12 bits per heavy atom. The van der Waals surface area contributed by atoms with Gasteiger partial charge in [0.1, 0.15) is 0 Å². The van der Waals surface area contributed by atoms with Crippen molar-refractivity contribution < 1.29 is 4.79 Å². The zero-order valence-electron chi connectivity index (χ0n) is 9.83. The first kappa shape index (κ1) is 12.4. The fourth-order valence-electron chi connectivity index (χ4n) is 2.45. The van der Waals surface area contributed by atoms with E-state index in [1.807, 2.05) is 0 Å². The van der Waals surface area contributed by atoms with Crippen LogP contribution in [-0.4, -0.2) is 53.8 Å². The van der Waals surface area contributed by atoms with E-state index in [0.717, 1.165) is 57.3 Å². The predicted octanol–water partition coefficient (Wildman–Crippen LogP) is 1.72. The molecule has 16 heavy (non-hydrogen) atoms. The van der Waals surface area contributed by atoms with Crippen LogP contribution in [0.2, 0.25) is 0 Å². The molecule has 1 heterocycles. The van der Waals surface area contributed by atoms with E-state index in [2.05, 4.69) is 25.7 Å². The van der Waals surface area contributed by atoms with Crippen LogP contribution in [0.4, 0.5) is 0 Å². The van der Waals surface area contributed by atoms with E-state index in [1.165, 1.54) is 6.42 Å². The number of hydrogen-bond donors (Lipinski definition) is 0. The normalized spacial score (nSPS) is 23.9. The average molecular weight is 289 g/mol. The third kappa shape index (κ3) is 2.98. The van der Waals surface area contributed by atoms with Gasteiger partial charge in [-0.1, -0.05) is 22.4 Å². The molecule has 2 rings (SSSR count). The van der Waals surface area contributed by atoms with Crippen molar-refractivity contribution in [3.05, 3.63) is 0 Å². The molecule has 0 N–H and O–H groups in total. The first-order chi connectivity index (χ1) is 7.81. The molecular formula is C12H21BrN2O. The third-order valence-corrected chi connectivity index (χ3v) is 4.11. The fourth-order valence-corrected chi connectivity index (χ4v) is 2.95. The number of carbonyl (C=O) groups excluding carboxylic acids is 1. The highest BCUT2D eigenvalue weighted by Crippen LogP contribution is 2.28. The van der Waals surface area contributed by atoms with E-state index in [9.17, 15) is 4.79 Å². The average Bonchev–Trinajstić information content (AvgIpc) is 2.41. The monoisotopic (exact) mass is 288 g/mol. The maximum absolute atomic E-state index is 12.1. The maximum Gasteiger partial charge on any atom is 0.225 e. The summed E-state index contributed by atoms with van der Waals surface area (Å²) < 4.78 is 0. The van der Waals surface area contributed by atoms with E-state index in [0.29, 0.717) is 11.8 Å². The Hall–Kier alpha value is -0.0900. The lowest BCUT2D eigenvalue weighted by Crippen LogP contribution is -2.41. The molecule has 0 spiro atoms. The summed E-state index contributed by atoms with van der Waals surface area (Å²) >= 11 is 3.48. The molecule has 2 fully saturated rings. The first-order valence-corrected chi connectivity index (χ1v) is 7.50. The standard InChI is InChI=1S/C12H21BrN2O/c13-5-8-14-6-2-7-15(10-9-14)12(16)11-3-1-4-11/h11H,1-10H2. The molecule has 1 aliphatic carbocycles. The molecule has 1 amide bonds. The summed E-state index contributed by atoms with van der Waals surface area (Å²) in [5.74, 6) is 0.787. The highest BCUT2D eigenvalue weighted by Gasteiger charge is 2.30. The van der Waals surface area contributed by atoms with Crippen molar-refractivity contribution in [1.82, 2.24) is 9.80 Å². The predicted molar refractivity (Wildman–Crippen MR) is 68.8 cm³/mol. The summed E-state index contributed by atoms with van der Waals surface area (Å²) in [6, 6.07) is 0. The van der Waals surface area contributed by atoms with Gasteiger partial charge in [-0.25, -0.2) is 0 Å². The first-order valence-electron chi connectivity index (χ1n) is 6.38. The van der Waals surface area contributed by atoms with Gasteiger partial charge in [0.05, 0.1) is 0 Å². The number of nitrogens with zero attached hydrogens (tertiary/aromatic N) is 2. The molecule has 0 aromatic rings. The second kappa shape index (κ2) is 6.01. The van der Waals surface area contributed by atoms with Crippen molar-refractivity contribution in [3.63, 3.8) is 0 Å². The van der Waals surface area contributed by atoms with E-state index in [1.54, 1.807) is 0 Å². The molecule has 1 aliphatic heterocycles. The van der Waals surface area contributed by atoms with Crippen LogP contribution in [0, 0.1) is 5.92 Å². The molecule has 0 bridgehead atoms. The molecule has 2 aliphatic rings. The number of amides is 1. The zero-order valence-corrected chi connectivity index (χ0v) is 11.4.